The van der Waals surface area contributed by atoms with Gasteiger partial charge in [0.1, 0.15) is 0 Å². The van der Waals surface area contributed by atoms with Crippen molar-refractivity contribution in [2.75, 3.05) is 11.1 Å². The van der Waals surface area contributed by atoms with E-state index in [9.17, 15) is 9.59 Å². The van der Waals surface area contributed by atoms with Gasteiger partial charge in [0.05, 0.1) is 17.0 Å². The number of aromatic nitrogens is 1. The van der Waals surface area contributed by atoms with Gasteiger partial charge in [-0.25, -0.2) is 4.98 Å². The van der Waals surface area contributed by atoms with Gasteiger partial charge in [-0.05, 0) is 51.7 Å². The zero-order chi connectivity index (χ0) is 19.2. The molecule has 2 N–H and O–H groups in total. The number of hydrogen-bond acceptors (Lipinski definition) is 5. The summed E-state index contributed by atoms with van der Waals surface area (Å²) in [5, 5.41) is 6.49. The Kier molecular flexibility index (Phi) is 6.90. The molecule has 0 fully saturated rings. The highest BCUT2D eigenvalue weighted by Gasteiger charge is 2.18. The van der Waals surface area contributed by atoms with Crippen LogP contribution >= 0.6 is 23.1 Å². The lowest BCUT2D eigenvalue weighted by molar-refractivity contribution is -0.119. The molecular formula is C20H25N3O2S2. The fraction of sp³-hybridized carbons (Fsp3) is 0.450. The highest BCUT2D eigenvalue weighted by molar-refractivity contribution is 8.00. The second-order valence-corrected chi connectivity index (χ2v) is 9.01. The van der Waals surface area contributed by atoms with Crippen LogP contribution in [0.2, 0.25) is 0 Å². The van der Waals surface area contributed by atoms with E-state index in [2.05, 4.69) is 15.6 Å². The second kappa shape index (κ2) is 9.37. The van der Waals surface area contributed by atoms with Crippen LogP contribution in [0.4, 0.5) is 5.13 Å². The predicted molar refractivity (Wildman–Crippen MR) is 112 cm³/mol. The van der Waals surface area contributed by atoms with Crippen molar-refractivity contribution in [3.05, 3.63) is 40.4 Å². The van der Waals surface area contributed by atoms with Gasteiger partial charge in [0.2, 0.25) is 5.91 Å². The third-order valence-electron chi connectivity index (χ3n) is 4.26. The number of benzene rings is 1. The summed E-state index contributed by atoms with van der Waals surface area (Å²) in [6.07, 6.45) is 5.67. The molecule has 27 heavy (non-hydrogen) atoms. The molecule has 0 aliphatic heterocycles. The van der Waals surface area contributed by atoms with E-state index in [0.717, 1.165) is 23.4 Å². The topological polar surface area (TPSA) is 71.1 Å². The summed E-state index contributed by atoms with van der Waals surface area (Å²) >= 11 is 2.96. The van der Waals surface area contributed by atoms with E-state index in [4.69, 9.17) is 0 Å². The van der Waals surface area contributed by atoms with Crippen molar-refractivity contribution >= 4 is 40.0 Å². The molecule has 1 aromatic carbocycles. The minimum absolute atomic E-state index is 0.0334. The molecule has 0 spiro atoms. The number of nitrogens with zero attached hydrogens (tertiary/aromatic N) is 1. The number of carbonyl (C=O) groups excluding carboxylic acids is 2. The molecule has 0 saturated carbocycles. The first-order valence-electron chi connectivity index (χ1n) is 9.34. The van der Waals surface area contributed by atoms with Crippen molar-refractivity contribution in [2.24, 2.45) is 0 Å². The largest absolute Gasteiger partial charge is 0.353 e. The number of rotatable bonds is 6. The molecule has 2 amide bonds. The van der Waals surface area contributed by atoms with Crippen molar-refractivity contribution in [1.29, 1.82) is 0 Å². The molecule has 0 unspecified atom stereocenters. The number of nitrogens with one attached hydrogen (secondary N) is 2. The normalized spacial score (nSPS) is 13.7. The van der Waals surface area contributed by atoms with Gasteiger partial charge in [-0.15, -0.1) is 23.1 Å². The van der Waals surface area contributed by atoms with E-state index < -0.39 is 0 Å². The van der Waals surface area contributed by atoms with E-state index in [0.29, 0.717) is 10.7 Å². The van der Waals surface area contributed by atoms with Crippen molar-refractivity contribution in [3.8, 4) is 0 Å². The third kappa shape index (κ3) is 5.56. The average molecular weight is 404 g/mol. The van der Waals surface area contributed by atoms with Crippen LogP contribution in [-0.4, -0.2) is 28.6 Å². The van der Waals surface area contributed by atoms with Gasteiger partial charge in [-0.2, -0.15) is 0 Å². The minimum Gasteiger partial charge on any atom is -0.353 e. The summed E-state index contributed by atoms with van der Waals surface area (Å²) in [7, 11) is 0. The number of hydrogen-bond donors (Lipinski definition) is 2. The predicted octanol–water partition coefficient (Wildman–Crippen LogP) is 4.28. The Balaban J connectivity index is 1.67. The first kappa shape index (κ1) is 19.9. The molecule has 5 nitrogen and oxygen atoms in total. The van der Waals surface area contributed by atoms with E-state index in [1.165, 1.54) is 35.9 Å². The molecular weight excluding hydrogens is 378 g/mol. The Hall–Kier alpha value is -1.86. The average Bonchev–Trinajstić information content (AvgIpc) is 2.87. The number of thiazole rings is 1. The van der Waals surface area contributed by atoms with Crippen molar-refractivity contribution in [3.63, 3.8) is 0 Å². The Bertz CT molecular complexity index is 794. The fourth-order valence-corrected chi connectivity index (χ4v) is 4.94. The van der Waals surface area contributed by atoms with Crippen LogP contribution in [0.3, 0.4) is 0 Å². The molecule has 1 aliphatic carbocycles. The minimum atomic E-state index is -0.175. The van der Waals surface area contributed by atoms with E-state index in [-0.39, 0.29) is 23.6 Å². The Morgan fingerprint density at radius 2 is 1.96 bits per heavy atom. The second-order valence-electron chi connectivity index (χ2n) is 6.91. The van der Waals surface area contributed by atoms with Crippen LogP contribution in [0.15, 0.2) is 29.2 Å². The number of fused-ring (bicyclic) bond motifs is 1. The highest BCUT2D eigenvalue weighted by Crippen LogP contribution is 2.30. The number of anilines is 1. The van der Waals surface area contributed by atoms with Gasteiger partial charge < -0.3 is 5.32 Å². The van der Waals surface area contributed by atoms with Crippen molar-refractivity contribution in [1.82, 2.24) is 10.3 Å². The van der Waals surface area contributed by atoms with Gasteiger partial charge in [0.15, 0.2) is 5.13 Å². The molecule has 2 aromatic rings. The summed E-state index contributed by atoms with van der Waals surface area (Å²) in [6, 6.07) is 7.49. The lowest BCUT2D eigenvalue weighted by Crippen LogP contribution is -2.31. The van der Waals surface area contributed by atoms with Gasteiger partial charge in [-0.3, -0.25) is 14.9 Å². The number of thioether (sulfide) groups is 1. The maximum absolute atomic E-state index is 12.8. The number of carbonyl (C=O) groups is 2. The molecule has 144 valence electrons. The molecule has 7 heteroatoms. The summed E-state index contributed by atoms with van der Waals surface area (Å²) < 4.78 is 0. The summed E-state index contributed by atoms with van der Waals surface area (Å²) in [5.41, 5.74) is 1.71. The van der Waals surface area contributed by atoms with Crippen LogP contribution in [0.25, 0.3) is 0 Å². The van der Waals surface area contributed by atoms with Gasteiger partial charge in [0, 0.05) is 15.8 Å². The maximum Gasteiger partial charge on any atom is 0.258 e. The van der Waals surface area contributed by atoms with Crippen molar-refractivity contribution < 1.29 is 9.59 Å². The SMILES string of the molecule is CC(C)NC(=O)CSc1ccccc1C(=O)Nc1nc2c(s1)CCCCC2. The molecule has 1 aromatic heterocycles. The molecule has 3 rings (SSSR count). The Morgan fingerprint density at radius 3 is 2.78 bits per heavy atom. The maximum atomic E-state index is 12.8. The van der Waals surface area contributed by atoms with E-state index in [1.807, 2.05) is 32.0 Å². The van der Waals surface area contributed by atoms with E-state index in [1.54, 1.807) is 17.4 Å². The first-order chi connectivity index (χ1) is 13.0. The van der Waals surface area contributed by atoms with Gasteiger partial charge in [0.25, 0.3) is 5.91 Å². The number of aryl methyl sites for hydroxylation is 2. The van der Waals surface area contributed by atoms with Crippen LogP contribution in [-0.2, 0) is 17.6 Å². The van der Waals surface area contributed by atoms with Crippen molar-refractivity contribution in [2.45, 2.75) is 56.9 Å². The van der Waals surface area contributed by atoms with Gasteiger partial charge >= 0.3 is 0 Å². The van der Waals surface area contributed by atoms with E-state index >= 15 is 0 Å². The summed E-state index contributed by atoms with van der Waals surface area (Å²) in [5.74, 6) is 0.0775. The first-order valence-corrected chi connectivity index (χ1v) is 11.1. The Morgan fingerprint density at radius 1 is 1.19 bits per heavy atom. The zero-order valence-electron chi connectivity index (χ0n) is 15.7. The van der Waals surface area contributed by atoms with Crippen LogP contribution < -0.4 is 10.6 Å². The third-order valence-corrected chi connectivity index (χ3v) is 6.40. The zero-order valence-corrected chi connectivity index (χ0v) is 17.3. The molecule has 1 heterocycles. The molecule has 0 radical (unpaired) electrons. The lowest BCUT2D eigenvalue weighted by Gasteiger charge is -2.10. The monoisotopic (exact) mass is 403 g/mol. The summed E-state index contributed by atoms with van der Waals surface area (Å²) in [6.45, 7) is 3.86. The van der Waals surface area contributed by atoms with Crippen LogP contribution in [0, 0.1) is 0 Å². The molecule has 0 saturated heterocycles. The molecule has 0 atom stereocenters. The quantitative estimate of drug-likeness (QED) is 0.558. The lowest BCUT2D eigenvalue weighted by atomic mass is 10.2. The Labute approximate surface area is 168 Å². The van der Waals surface area contributed by atoms with Crippen LogP contribution in [0.1, 0.15) is 54.0 Å². The number of amides is 2. The van der Waals surface area contributed by atoms with Crippen LogP contribution in [0.5, 0.6) is 0 Å². The molecule has 1 aliphatic rings. The molecule has 0 bridgehead atoms. The fourth-order valence-electron chi connectivity index (χ4n) is 3.03. The smallest absolute Gasteiger partial charge is 0.258 e. The summed E-state index contributed by atoms with van der Waals surface area (Å²) in [4.78, 5) is 31.4. The highest BCUT2D eigenvalue weighted by atomic mass is 32.2. The van der Waals surface area contributed by atoms with Gasteiger partial charge in [-0.1, -0.05) is 18.6 Å². The standard InChI is InChI=1S/C20H25N3O2S2/c1-13(2)21-18(24)12-26-16-10-7-6-8-14(16)19(25)23-20-22-15-9-4-3-5-11-17(15)27-20/h6-8,10,13H,3-5,9,11-12H2,1-2H3,(H,21,24)(H,22,23,25).